The Morgan fingerprint density at radius 2 is 2.11 bits per heavy atom. The molecule has 6 heteroatoms. The van der Waals surface area contributed by atoms with Gasteiger partial charge in [0.15, 0.2) is 0 Å². The number of nitrogens with two attached hydrogens (primary N) is 1. The minimum absolute atomic E-state index is 0.206. The van der Waals surface area contributed by atoms with Gasteiger partial charge in [-0.1, -0.05) is 11.6 Å². The van der Waals surface area contributed by atoms with Crippen molar-refractivity contribution in [1.82, 2.24) is 5.32 Å². The predicted octanol–water partition coefficient (Wildman–Crippen LogP) is 1.38. The third-order valence-corrected chi connectivity index (χ3v) is 2.44. The quantitative estimate of drug-likeness (QED) is 0.755. The Balaban J connectivity index is 2.96. The van der Waals surface area contributed by atoms with Crippen molar-refractivity contribution in [1.29, 1.82) is 0 Å². The van der Waals surface area contributed by atoms with Gasteiger partial charge in [-0.3, -0.25) is 9.59 Å². The molecule has 0 aliphatic heterocycles. The molecule has 0 aliphatic rings. The van der Waals surface area contributed by atoms with Gasteiger partial charge in [-0.05, 0) is 25.1 Å². The van der Waals surface area contributed by atoms with Crippen LogP contribution in [0.5, 0.6) is 0 Å². The SMILES string of the molecule is CCNC(=O)c1cc(Cl)ccc1NC(=O)CCN. The molecule has 0 heterocycles. The molecule has 98 valence electrons. The lowest BCUT2D eigenvalue weighted by Gasteiger charge is -2.11. The Labute approximate surface area is 111 Å². The molecule has 0 unspecified atom stereocenters. The summed E-state index contributed by atoms with van der Waals surface area (Å²) in [7, 11) is 0. The molecule has 0 aliphatic carbocycles. The molecule has 0 saturated heterocycles. The highest BCUT2D eigenvalue weighted by atomic mass is 35.5. The van der Waals surface area contributed by atoms with Crippen LogP contribution in [0.2, 0.25) is 5.02 Å². The van der Waals surface area contributed by atoms with Gasteiger partial charge in [0, 0.05) is 24.5 Å². The molecule has 0 saturated carbocycles. The van der Waals surface area contributed by atoms with Crippen LogP contribution in [0.25, 0.3) is 0 Å². The molecule has 0 spiro atoms. The lowest BCUT2D eigenvalue weighted by molar-refractivity contribution is -0.116. The van der Waals surface area contributed by atoms with E-state index in [1.165, 1.54) is 6.07 Å². The first-order valence-corrected chi connectivity index (χ1v) is 6.04. The number of benzene rings is 1. The molecule has 0 bridgehead atoms. The number of amides is 2. The van der Waals surface area contributed by atoms with Crippen molar-refractivity contribution in [2.45, 2.75) is 13.3 Å². The van der Waals surface area contributed by atoms with E-state index in [-0.39, 0.29) is 24.8 Å². The number of rotatable bonds is 5. The molecule has 0 radical (unpaired) electrons. The Bertz CT molecular complexity index is 449. The second-order valence-electron chi connectivity index (χ2n) is 3.64. The van der Waals surface area contributed by atoms with Gasteiger partial charge in [-0.15, -0.1) is 0 Å². The highest BCUT2D eigenvalue weighted by molar-refractivity contribution is 6.31. The zero-order valence-corrected chi connectivity index (χ0v) is 10.9. The molecule has 1 aromatic rings. The van der Waals surface area contributed by atoms with Crippen LogP contribution < -0.4 is 16.4 Å². The van der Waals surface area contributed by atoms with Crippen molar-refractivity contribution in [3.8, 4) is 0 Å². The van der Waals surface area contributed by atoms with E-state index >= 15 is 0 Å². The maximum Gasteiger partial charge on any atom is 0.253 e. The minimum atomic E-state index is -0.275. The molecule has 4 N–H and O–H groups in total. The topological polar surface area (TPSA) is 84.2 Å². The summed E-state index contributed by atoms with van der Waals surface area (Å²) in [5, 5.41) is 5.74. The summed E-state index contributed by atoms with van der Waals surface area (Å²) in [5.41, 5.74) is 6.07. The van der Waals surface area contributed by atoms with Gasteiger partial charge >= 0.3 is 0 Å². The first-order chi connectivity index (χ1) is 8.58. The highest BCUT2D eigenvalue weighted by Crippen LogP contribution is 2.20. The number of nitrogens with one attached hydrogen (secondary N) is 2. The van der Waals surface area contributed by atoms with Crippen molar-refractivity contribution in [3.05, 3.63) is 28.8 Å². The number of anilines is 1. The Morgan fingerprint density at radius 1 is 1.39 bits per heavy atom. The average Bonchev–Trinajstić information content (AvgIpc) is 2.32. The van der Waals surface area contributed by atoms with Crippen LogP contribution in [-0.4, -0.2) is 24.9 Å². The van der Waals surface area contributed by atoms with E-state index in [1.54, 1.807) is 12.1 Å². The minimum Gasteiger partial charge on any atom is -0.352 e. The standard InChI is InChI=1S/C12H16ClN3O2/c1-2-15-12(18)9-7-8(13)3-4-10(9)16-11(17)5-6-14/h3-4,7H,2,5-6,14H2,1H3,(H,15,18)(H,16,17). The van der Waals surface area contributed by atoms with Gasteiger partial charge in [-0.25, -0.2) is 0 Å². The fourth-order valence-electron chi connectivity index (χ4n) is 1.41. The van der Waals surface area contributed by atoms with Crippen molar-refractivity contribution in [2.24, 2.45) is 5.73 Å². The average molecular weight is 270 g/mol. The van der Waals surface area contributed by atoms with Crippen molar-refractivity contribution in [2.75, 3.05) is 18.4 Å². The smallest absolute Gasteiger partial charge is 0.253 e. The highest BCUT2D eigenvalue weighted by Gasteiger charge is 2.13. The van der Waals surface area contributed by atoms with Crippen LogP contribution in [0.15, 0.2) is 18.2 Å². The molecule has 5 nitrogen and oxygen atoms in total. The number of hydrogen-bond acceptors (Lipinski definition) is 3. The number of carbonyl (C=O) groups excluding carboxylic acids is 2. The molecule has 2 amide bonds. The lowest BCUT2D eigenvalue weighted by atomic mass is 10.1. The largest absolute Gasteiger partial charge is 0.352 e. The Morgan fingerprint density at radius 3 is 2.72 bits per heavy atom. The third-order valence-electron chi connectivity index (χ3n) is 2.21. The molecule has 1 rings (SSSR count). The lowest BCUT2D eigenvalue weighted by Crippen LogP contribution is -2.25. The summed E-state index contributed by atoms with van der Waals surface area (Å²) < 4.78 is 0. The van der Waals surface area contributed by atoms with E-state index in [9.17, 15) is 9.59 Å². The van der Waals surface area contributed by atoms with E-state index in [2.05, 4.69) is 10.6 Å². The second kappa shape index (κ2) is 6.98. The van der Waals surface area contributed by atoms with E-state index in [4.69, 9.17) is 17.3 Å². The van der Waals surface area contributed by atoms with Crippen LogP contribution in [0.3, 0.4) is 0 Å². The third kappa shape index (κ3) is 4.01. The monoisotopic (exact) mass is 269 g/mol. The van der Waals surface area contributed by atoms with E-state index in [1.807, 2.05) is 6.92 Å². The normalized spacial score (nSPS) is 9.94. The van der Waals surface area contributed by atoms with Gasteiger partial charge in [0.05, 0.1) is 11.3 Å². The molecule has 18 heavy (non-hydrogen) atoms. The summed E-state index contributed by atoms with van der Waals surface area (Å²) in [6.45, 7) is 2.58. The fourth-order valence-corrected chi connectivity index (χ4v) is 1.59. The van der Waals surface area contributed by atoms with Crippen LogP contribution in [0, 0.1) is 0 Å². The first-order valence-electron chi connectivity index (χ1n) is 5.66. The van der Waals surface area contributed by atoms with Gasteiger partial charge in [-0.2, -0.15) is 0 Å². The number of carbonyl (C=O) groups is 2. The van der Waals surface area contributed by atoms with Crippen LogP contribution in [-0.2, 0) is 4.79 Å². The van der Waals surface area contributed by atoms with Gasteiger partial charge in [0.2, 0.25) is 5.91 Å². The molecule has 1 aromatic carbocycles. The number of halogens is 1. The van der Waals surface area contributed by atoms with Crippen LogP contribution >= 0.6 is 11.6 Å². The predicted molar refractivity (Wildman–Crippen MR) is 71.8 cm³/mol. The summed E-state index contributed by atoms with van der Waals surface area (Å²) in [5.74, 6) is -0.506. The molecule has 0 atom stereocenters. The van der Waals surface area contributed by atoms with E-state index < -0.39 is 0 Å². The summed E-state index contributed by atoms with van der Waals surface area (Å²) in [6.07, 6.45) is 0.206. The van der Waals surface area contributed by atoms with Crippen LogP contribution in [0.1, 0.15) is 23.7 Å². The van der Waals surface area contributed by atoms with Crippen molar-refractivity contribution in [3.63, 3.8) is 0 Å². The maximum atomic E-state index is 11.8. The Kier molecular flexibility index (Phi) is 5.61. The molecular formula is C12H16ClN3O2. The number of hydrogen-bond donors (Lipinski definition) is 3. The zero-order valence-electron chi connectivity index (χ0n) is 10.1. The summed E-state index contributed by atoms with van der Waals surface area (Å²) >= 11 is 5.85. The molecular weight excluding hydrogens is 254 g/mol. The van der Waals surface area contributed by atoms with Crippen molar-refractivity contribution < 1.29 is 9.59 Å². The second-order valence-corrected chi connectivity index (χ2v) is 4.07. The first kappa shape index (κ1) is 14.5. The van der Waals surface area contributed by atoms with Crippen LogP contribution in [0.4, 0.5) is 5.69 Å². The van der Waals surface area contributed by atoms with E-state index in [0.717, 1.165) is 0 Å². The maximum absolute atomic E-state index is 11.8. The van der Waals surface area contributed by atoms with Gasteiger partial charge < -0.3 is 16.4 Å². The zero-order chi connectivity index (χ0) is 13.5. The summed E-state index contributed by atoms with van der Waals surface area (Å²) in [4.78, 5) is 23.3. The molecule has 0 fully saturated rings. The van der Waals surface area contributed by atoms with Crippen molar-refractivity contribution >= 4 is 29.1 Å². The van der Waals surface area contributed by atoms with E-state index in [0.29, 0.717) is 22.8 Å². The summed E-state index contributed by atoms with van der Waals surface area (Å²) in [6, 6.07) is 4.73. The fraction of sp³-hybridized carbons (Fsp3) is 0.333. The van der Waals surface area contributed by atoms with Gasteiger partial charge in [0.25, 0.3) is 5.91 Å². The Hall–Kier alpha value is -1.59. The van der Waals surface area contributed by atoms with Gasteiger partial charge in [0.1, 0.15) is 0 Å². The molecule has 0 aromatic heterocycles.